The third kappa shape index (κ3) is 3.06. The van der Waals surface area contributed by atoms with Crippen LogP contribution in [0, 0.1) is 5.92 Å². The second-order valence-electron chi connectivity index (χ2n) is 7.17. The van der Waals surface area contributed by atoms with Crippen LogP contribution < -0.4 is 15.0 Å². The summed E-state index contributed by atoms with van der Waals surface area (Å²) in [6.07, 6.45) is 7.27. The first-order valence-electron chi connectivity index (χ1n) is 8.71. The standard InChI is InChI=1S/C19H22N4OS/c1-12-4-5-14-15(10-12)25-19-17(14)18(24)20-16(21-19)11-23-8-6-13(7-9-23)22(2)3/h6-9,12H,4-5,10-11H2,1-3H3/p+1/t12-/m0/s1. The number of H-pyrrole nitrogens is 1. The fourth-order valence-corrected chi connectivity index (χ4v) is 4.90. The number of aromatic amines is 1. The smallest absolute Gasteiger partial charge is 0.260 e. The van der Waals surface area contributed by atoms with E-state index in [9.17, 15) is 4.79 Å². The van der Waals surface area contributed by atoms with Gasteiger partial charge in [-0.25, -0.2) is 4.98 Å². The molecule has 6 heteroatoms. The summed E-state index contributed by atoms with van der Waals surface area (Å²) in [6.45, 7) is 2.85. The Balaban J connectivity index is 1.68. The highest BCUT2D eigenvalue weighted by molar-refractivity contribution is 7.18. The van der Waals surface area contributed by atoms with Crippen LogP contribution in [0.2, 0.25) is 0 Å². The van der Waals surface area contributed by atoms with Crippen molar-refractivity contribution >= 4 is 27.2 Å². The highest BCUT2D eigenvalue weighted by Crippen LogP contribution is 2.35. The van der Waals surface area contributed by atoms with Crippen molar-refractivity contribution < 1.29 is 4.57 Å². The minimum absolute atomic E-state index is 0.0116. The first-order chi connectivity index (χ1) is 12.0. The number of pyridine rings is 1. The van der Waals surface area contributed by atoms with Crippen LogP contribution in [0.4, 0.5) is 5.69 Å². The SMILES string of the molecule is C[C@H]1CCc2c(sc3nc(C[n+]4ccc(N(C)C)cc4)[nH]c(=O)c23)C1. The van der Waals surface area contributed by atoms with E-state index in [1.54, 1.807) is 11.3 Å². The number of nitrogens with one attached hydrogen (secondary N) is 1. The van der Waals surface area contributed by atoms with Gasteiger partial charge in [0.05, 0.1) is 5.39 Å². The van der Waals surface area contributed by atoms with Gasteiger partial charge in [-0.05, 0) is 30.7 Å². The molecule has 25 heavy (non-hydrogen) atoms. The van der Waals surface area contributed by atoms with Gasteiger partial charge in [0.2, 0.25) is 6.54 Å². The van der Waals surface area contributed by atoms with Gasteiger partial charge in [0.1, 0.15) is 4.83 Å². The number of nitrogens with zero attached hydrogens (tertiary/aromatic N) is 3. The lowest BCUT2D eigenvalue weighted by atomic mass is 9.89. The van der Waals surface area contributed by atoms with E-state index in [1.807, 2.05) is 31.1 Å². The third-order valence-electron chi connectivity index (χ3n) is 4.94. The zero-order valence-corrected chi connectivity index (χ0v) is 15.7. The molecule has 4 rings (SSSR count). The summed E-state index contributed by atoms with van der Waals surface area (Å²) in [5.41, 5.74) is 2.40. The molecule has 1 N–H and O–H groups in total. The van der Waals surface area contributed by atoms with Crippen LogP contribution in [0.15, 0.2) is 29.3 Å². The van der Waals surface area contributed by atoms with Crippen molar-refractivity contribution in [2.45, 2.75) is 32.7 Å². The predicted molar refractivity (Wildman–Crippen MR) is 101 cm³/mol. The molecule has 0 aromatic carbocycles. The predicted octanol–water partition coefficient (Wildman–Crippen LogP) is 2.51. The minimum Gasteiger partial charge on any atom is -0.377 e. The Morgan fingerprint density at radius 2 is 2.12 bits per heavy atom. The Bertz CT molecular complexity index is 971. The van der Waals surface area contributed by atoms with Gasteiger partial charge in [-0.1, -0.05) is 6.92 Å². The largest absolute Gasteiger partial charge is 0.377 e. The normalized spacial score (nSPS) is 16.8. The number of rotatable bonds is 3. The van der Waals surface area contributed by atoms with Gasteiger partial charge >= 0.3 is 0 Å². The van der Waals surface area contributed by atoms with Crippen LogP contribution in [-0.2, 0) is 19.4 Å². The molecule has 0 unspecified atom stereocenters. The number of fused-ring (bicyclic) bond motifs is 3. The molecule has 1 atom stereocenters. The maximum Gasteiger partial charge on any atom is 0.260 e. The van der Waals surface area contributed by atoms with E-state index in [0.29, 0.717) is 18.3 Å². The lowest BCUT2D eigenvalue weighted by Crippen LogP contribution is -2.35. The lowest BCUT2D eigenvalue weighted by Gasteiger charge is -2.17. The van der Waals surface area contributed by atoms with E-state index >= 15 is 0 Å². The molecule has 0 bridgehead atoms. The summed E-state index contributed by atoms with van der Waals surface area (Å²) in [6, 6.07) is 4.11. The van der Waals surface area contributed by atoms with Gasteiger partial charge in [0.15, 0.2) is 18.2 Å². The van der Waals surface area contributed by atoms with Crippen LogP contribution in [0.3, 0.4) is 0 Å². The van der Waals surface area contributed by atoms with Crippen molar-refractivity contribution in [3.05, 3.63) is 51.1 Å². The molecule has 1 aliphatic rings. The molecule has 130 valence electrons. The van der Waals surface area contributed by atoms with Crippen LogP contribution in [0.1, 0.15) is 29.6 Å². The first-order valence-corrected chi connectivity index (χ1v) is 9.53. The quantitative estimate of drug-likeness (QED) is 0.735. The maximum absolute atomic E-state index is 12.6. The molecule has 3 heterocycles. The van der Waals surface area contributed by atoms with Crippen molar-refractivity contribution in [2.24, 2.45) is 5.92 Å². The molecule has 0 fully saturated rings. The Kier molecular flexibility index (Phi) is 4.07. The zero-order chi connectivity index (χ0) is 17.6. The van der Waals surface area contributed by atoms with Gasteiger partial charge in [-0.15, -0.1) is 11.3 Å². The van der Waals surface area contributed by atoms with Crippen LogP contribution in [-0.4, -0.2) is 24.1 Å². The molecular formula is C19H23N4OS+. The summed E-state index contributed by atoms with van der Waals surface area (Å²) >= 11 is 1.70. The second-order valence-corrected chi connectivity index (χ2v) is 8.25. The minimum atomic E-state index is 0.0116. The summed E-state index contributed by atoms with van der Waals surface area (Å²) in [5.74, 6) is 1.41. The van der Waals surface area contributed by atoms with E-state index < -0.39 is 0 Å². The Morgan fingerprint density at radius 1 is 1.36 bits per heavy atom. The molecule has 0 spiro atoms. The van der Waals surface area contributed by atoms with Crippen molar-refractivity contribution in [1.29, 1.82) is 0 Å². The molecule has 0 radical (unpaired) electrons. The Morgan fingerprint density at radius 3 is 2.84 bits per heavy atom. The molecule has 1 aliphatic carbocycles. The Labute approximate surface area is 151 Å². The van der Waals surface area contributed by atoms with Crippen molar-refractivity contribution in [3.63, 3.8) is 0 Å². The van der Waals surface area contributed by atoms with Gasteiger partial charge in [0, 0.05) is 36.8 Å². The number of aryl methyl sites for hydroxylation is 1. The lowest BCUT2D eigenvalue weighted by molar-refractivity contribution is -0.689. The van der Waals surface area contributed by atoms with Crippen molar-refractivity contribution in [3.8, 4) is 0 Å². The second kappa shape index (κ2) is 6.26. The van der Waals surface area contributed by atoms with Crippen LogP contribution in [0.25, 0.3) is 10.2 Å². The monoisotopic (exact) mass is 355 g/mol. The van der Waals surface area contributed by atoms with Gasteiger partial charge in [-0.3, -0.25) is 4.79 Å². The highest BCUT2D eigenvalue weighted by atomic mass is 32.1. The average Bonchev–Trinajstić information content (AvgIpc) is 2.92. The molecule has 0 amide bonds. The number of hydrogen-bond acceptors (Lipinski definition) is 4. The van der Waals surface area contributed by atoms with E-state index in [-0.39, 0.29) is 5.56 Å². The first kappa shape index (κ1) is 16.3. The van der Waals surface area contributed by atoms with Crippen molar-refractivity contribution in [1.82, 2.24) is 9.97 Å². The molecule has 5 nitrogen and oxygen atoms in total. The number of anilines is 1. The van der Waals surface area contributed by atoms with E-state index in [4.69, 9.17) is 4.98 Å². The number of thiophene rings is 1. The van der Waals surface area contributed by atoms with Crippen LogP contribution >= 0.6 is 11.3 Å². The summed E-state index contributed by atoms with van der Waals surface area (Å²) in [5, 5.41) is 0.823. The molecule has 0 aliphatic heterocycles. The van der Waals surface area contributed by atoms with E-state index in [1.165, 1.54) is 10.4 Å². The summed E-state index contributed by atoms with van der Waals surface area (Å²) < 4.78 is 2.03. The van der Waals surface area contributed by atoms with Crippen molar-refractivity contribution in [2.75, 3.05) is 19.0 Å². The molecule has 3 aromatic heterocycles. The van der Waals surface area contributed by atoms with Gasteiger partial charge < -0.3 is 9.88 Å². The number of aromatic nitrogens is 3. The molecular weight excluding hydrogens is 332 g/mol. The zero-order valence-electron chi connectivity index (χ0n) is 14.9. The fraction of sp³-hybridized carbons (Fsp3) is 0.421. The van der Waals surface area contributed by atoms with Crippen LogP contribution in [0.5, 0.6) is 0 Å². The third-order valence-corrected chi connectivity index (χ3v) is 6.08. The summed E-state index contributed by atoms with van der Waals surface area (Å²) in [4.78, 5) is 24.7. The summed E-state index contributed by atoms with van der Waals surface area (Å²) in [7, 11) is 4.04. The average molecular weight is 355 g/mol. The fourth-order valence-electron chi connectivity index (χ4n) is 3.49. The maximum atomic E-state index is 12.6. The Hall–Kier alpha value is -2.21. The van der Waals surface area contributed by atoms with Gasteiger partial charge in [-0.2, -0.15) is 4.57 Å². The van der Waals surface area contributed by atoms with Gasteiger partial charge in [0.25, 0.3) is 5.56 Å². The topological polar surface area (TPSA) is 52.9 Å². The van der Waals surface area contributed by atoms with E-state index in [0.717, 1.165) is 35.2 Å². The highest BCUT2D eigenvalue weighted by Gasteiger charge is 2.23. The molecule has 0 saturated carbocycles. The number of hydrogen-bond donors (Lipinski definition) is 1. The molecule has 0 saturated heterocycles. The molecule has 3 aromatic rings. The van der Waals surface area contributed by atoms with E-state index in [2.05, 4.69) is 28.9 Å².